The number of carboxylic acids is 1. The van der Waals surface area contributed by atoms with E-state index in [0.29, 0.717) is 6.07 Å². The second-order valence-electron chi connectivity index (χ2n) is 6.58. The van der Waals surface area contributed by atoms with E-state index in [1.165, 1.54) is 10.6 Å². The van der Waals surface area contributed by atoms with Gasteiger partial charge < -0.3 is 10.4 Å². The Bertz CT molecular complexity index is 1150. The fraction of sp³-hybridized carbons (Fsp3) is 0.211. The number of anilines is 1. The lowest BCUT2D eigenvalue weighted by atomic mass is 10.0. The molecule has 2 aromatic carbocycles. The van der Waals surface area contributed by atoms with Gasteiger partial charge in [-0.15, -0.1) is 0 Å². The number of hydrogen-bond acceptors (Lipinski definition) is 3. The molecule has 0 fully saturated rings. The first kappa shape index (κ1) is 26.8. The minimum absolute atomic E-state index is 0.0648. The average Bonchev–Trinajstić information content (AvgIpc) is 2.66. The van der Waals surface area contributed by atoms with Crippen molar-refractivity contribution in [3.05, 3.63) is 63.2 Å². The number of carbonyl (C=O) groups excluding carboxylic acids is 2. The number of aryl methyl sites for hydroxylation is 1. The van der Waals surface area contributed by atoms with Crippen molar-refractivity contribution in [2.45, 2.75) is 25.2 Å². The number of amides is 3. The SMILES string of the molecule is O=C(O)CCc1ccc(F)c(C(=O)NC(=O)Nc2cc(C(F)(F)F)cc(C(F)(F)F)c2Cl)c1F. The maximum Gasteiger partial charge on any atom is 0.417 e. The van der Waals surface area contributed by atoms with E-state index in [1.54, 1.807) is 0 Å². The van der Waals surface area contributed by atoms with Gasteiger partial charge in [-0.2, -0.15) is 26.3 Å². The van der Waals surface area contributed by atoms with Crippen LogP contribution in [0, 0.1) is 11.6 Å². The average molecular weight is 519 g/mol. The molecule has 0 unspecified atom stereocenters. The van der Waals surface area contributed by atoms with Crippen LogP contribution < -0.4 is 10.6 Å². The standard InChI is InChI=1S/C19H11ClF8N2O4/c20-14-9(19(26,27)28)5-8(18(23,24)25)6-11(14)29-17(34)30-16(33)13-10(21)3-1-7(15(13)22)2-4-12(31)32/h1,3,5-6H,2,4H2,(H,31,32)(H2,29,30,33,34). The number of urea groups is 1. The van der Waals surface area contributed by atoms with Crippen LogP contribution in [0.25, 0.3) is 0 Å². The van der Waals surface area contributed by atoms with E-state index in [-0.39, 0.29) is 12.1 Å². The highest BCUT2D eigenvalue weighted by atomic mass is 35.5. The molecular formula is C19H11ClF8N2O4. The molecule has 15 heteroatoms. The van der Waals surface area contributed by atoms with Crippen LogP contribution in [0.4, 0.5) is 45.6 Å². The number of nitrogens with one attached hydrogen (secondary N) is 2. The molecule has 184 valence electrons. The van der Waals surface area contributed by atoms with Gasteiger partial charge in [-0.05, 0) is 30.2 Å². The minimum atomic E-state index is -5.34. The van der Waals surface area contributed by atoms with Crippen LogP contribution in [0.5, 0.6) is 0 Å². The molecule has 2 aromatic rings. The first-order valence-corrected chi connectivity index (χ1v) is 9.19. The fourth-order valence-corrected chi connectivity index (χ4v) is 2.91. The second kappa shape index (κ2) is 9.83. The van der Waals surface area contributed by atoms with Crippen LogP contribution in [0.15, 0.2) is 24.3 Å². The molecule has 0 aliphatic rings. The zero-order valence-electron chi connectivity index (χ0n) is 16.3. The molecule has 0 spiro atoms. The van der Waals surface area contributed by atoms with Gasteiger partial charge in [-0.3, -0.25) is 14.9 Å². The first-order valence-electron chi connectivity index (χ1n) is 8.81. The molecule has 34 heavy (non-hydrogen) atoms. The number of rotatable bonds is 5. The predicted octanol–water partition coefficient (Wildman–Crippen LogP) is 5.63. The van der Waals surface area contributed by atoms with Crippen LogP contribution in [-0.4, -0.2) is 23.0 Å². The highest BCUT2D eigenvalue weighted by Gasteiger charge is 2.39. The van der Waals surface area contributed by atoms with Crippen molar-refractivity contribution < 1.29 is 54.6 Å². The van der Waals surface area contributed by atoms with Crippen LogP contribution in [0.1, 0.15) is 33.5 Å². The maximum absolute atomic E-state index is 14.4. The Balaban J connectivity index is 2.34. The Morgan fingerprint density at radius 1 is 0.971 bits per heavy atom. The Morgan fingerprint density at radius 3 is 2.12 bits per heavy atom. The third-order valence-electron chi connectivity index (χ3n) is 4.19. The van der Waals surface area contributed by atoms with E-state index in [1.807, 2.05) is 0 Å². The molecule has 3 N–H and O–H groups in total. The first-order chi connectivity index (χ1) is 15.5. The molecule has 0 bridgehead atoms. The van der Waals surface area contributed by atoms with E-state index < -0.39 is 87.7 Å². The number of carbonyl (C=O) groups is 3. The summed E-state index contributed by atoms with van der Waals surface area (Å²) in [6.07, 6.45) is -11.6. The third kappa shape index (κ3) is 6.34. The van der Waals surface area contributed by atoms with E-state index >= 15 is 0 Å². The van der Waals surface area contributed by atoms with E-state index in [4.69, 9.17) is 16.7 Å². The van der Waals surface area contributed by atoms with Gasteiger partial charge in [0.25, 0.3) is 5.91 Å². The van der Waals surface area contributed by atoms with Gasteiger partial charge in [0, 0.05) is 6.42 Å². The minimum Gasteiger partial charge on any atom is -0.481 e. The maximum atomic E-state index is 14.4. The molecule has 0 aliphatic carbocycles. The van der Waals surface area contributed by atoms with Crippen LogP contribution in [-0.2, 0) is 23.6 Å². The predicted molar refractivity (Wildman–Crippen MR) is 100 cm³/mol. The summed E-state index contributed by atoms with van der Waals surface area (Å²) >= 11 is 5.46. The molecule has 0 aliphatic heterocycles. The number of halogens is 9. The summed E-state index contributed by atoms with van der Waals surface area (Å²) < 4.78 is 106. The smallest absolute Gasteiger partial charge is 0.417 e. The van der Waals surface area contributed by atoms with E-state index in [9.17, 15) is 49.5 Å². The largest absolute Gasteiger partial charge is 0.481 e. The number of imide groups is 1. The van der Waals surface area contributed by atoms with Gasteiger partial charge in [0.1, 0.15) is 17.2 Å². The highest BCUT2D eigenvalue weighted by Crippen LogP contribution is 2.42. The molecule has 3 amide bonds. The van der Waals surface area contributed by atoms with Crippen molar-refractivity contribution >= 4 is 35.2 Å². The normalized spacial score (nSPS) is 11.8. The van der Waals surface area contributed by atoms with Gasteiger partial charge in [-0.25, -0.2) is 13.6 Å². The van der Waals surface area contributed by atoms with Gasteiger partial charge in [0.05, 0.1) is 21.8 Å². The summed E-state index contributed by atoms with van der Waals surface area (Å²) in [5.41, 5.74) is -6.68. The van der Waals surface area contributed by atoms with Crippen LogP contribution in [0.3, 0.4) is 0 Å². The summed E-state index contributed by atoms with van der Waals surface area (Å²) in [4.78, 5) is 34.8. The molecule has 6 nitrogen and oxygen atoms in total. The van der Waals surface area contributed by atoms with Gasteiger partial charge in [0.2, 0.25) is 0 Å². The van der Waals surface area contributed by atoms with E-state index in [0.717, 1.165) is 6.07 Å². The highest BCUT2D eigenvalue weighted by molar-refractivity contribution is 6.34. The van der Waals surface area contributed by atoms with Crippen LogP contribution in [0.2, 0.25) is 5.02 Å². The van der Waals surface area contributed by atoms with Crippen molar-refractivity contribution in [2.75, 3.05) is 5.32 Å². The molecule has 0 atom stereocenters. The molecule has 0 radical (unpaired) electrons. The number of benzene rings is 2. The number of carboxylic acid groups (broad SMARTS) is 1. The lowest BCUT2D eigenvalue weighted by Crippen LogP contribution is -2.35. The summed E-state index contributed by atoms with van der Waals surface area (Å²) in [6.45, 7) is 0. The summed E-state index contributed by atoms with van der Waals surface area (Å²) in [7, 11) is 0. The number of hydrogen-bond donors (Lipinski definition) is 3. The van der Waals surface area contributed by atoms with Crippen molar-refractivity contribution in [3.8, 4) is 0 Å². The summed E-state index contributed by atoms with van der Waals surface area (Å²) in [5.74, 6) is -6.06. The lowest BCUT2D eigenvalue weighted by Gasteiger charge is -2.17. The number of aliphatic carboxylic acids is 1. The number of alkyl halides is 6. The summed E-state index contributed by atoms with van der Waals surface area (Å²) in [6, 6.07) is -0.522. The van der Waals surface area contributed by atoms with Crippen molar-refractivity contribution in [1.82, 2.24) is 5.32 Å². The molecule has 0 saturated heterocycles. The molecule has 0 saturated carbocycles. The monoisotopic (exact) mass is 518 g/mol. The topological polar surface area (TPSA) is 95.5 Å². The molecule has 0 heterocycles. The molecule has 0 aromatic heterocycles. The van der Waals surface area contributed by atoms with Crippen molar-refractivity contribution in [1.29, 1.82) is 0 Å². The Hall–Kier alpha value is -3.42. The van der Waals surface area contributed by atoms with Gasteiger partial charge >= 0.3 is 24.4 Å². The molecular weight excluding hydrogens is 508 g/mol. The lowest BCUT2D eigenvalue weighted by molar-refractivity contribution is -0.143. The fourth-order valence-electron chi connectivity index (χ4n) is 2.64. The Labute approximate surface area is 189 Å². The van der Waals surface area contributed by atoms with Gasteiger partial charge in [0.15, 0.2) is 0 Å². The Morgan fingerprint density at radius 2 is 1.59 bits per heavy atom. The second-order valence-corrected chi connectivity index (χ2v) is 6.96. The molecule has 2 rings (SSSR count). The third-order valence-corrected chi connectivity index (χ3v) is 4.59. The zero-order valence-corrected chi connectivity index (χ0v) is 17.1. The van der Waals surface area contributed by atoms with Crippen molar-refractivity contribution in [2.24, 2.45) is 0 Å². The van der Waals surface area contributed by atoms with Crippen molar-refractivity contribution in [3.63, 3.8) is 0 Å². The zero-order chi connectivity index (χ0) is 26.0. The summed E-state index contributed by atoms with van der Waals surface area (Å²) in [5, 5.41) is 10.2. The quantitative estimate of drug-likeness (QED) is 0.447. The van der Waals surface area contributed by atoms with Gasteiger partial charge in [-0.1, -0.05) is 17.7 Å². The van der Waals surface area contributed by atoms with E-state index in [2.05, 4.69) is 0 Å². The Kier molecular flexibility index (Phi) is 7.76. The van der Waals surface area contributed by atoms with Crippen LogP contribution >= 0.6 is 11.6 Å².